The smallest absolute Gasteiger partial charge is 0.346 e. The molecule has 1 N–H and O–H groups in total. The highest BCUT2D eigenvalue weighted by atomic mass is 19.4. The summed E-state index contributed by atoms with van der Waals surface area (Å²) in [7, 11) is 0. The first kappa shape index (κ1) is 26.0. The van der Waals surface area contributed by atoms with E-state index in [9.17, 15) is 27.6 Å². The van der Waals surface area contributed by atoms with Gasteiger partial charge in [-0.2, -0.15) is 18.4 Å². The molecule has 0 unspecified atom stereocenters. The molecule has 3 aromatic heterocycles. The summed E-state index contributed by atoms with van der Waals surface area (Å²) in [5.74, 6) is -1.77. The van der Waals surface area contributed by atoms with E-state index in [0.29, 0.717) is 51.5 Å². The Morgan fingerprint density at radius 1 is 1.15 bits per heavy atom. The van der Waals surface area contributed by atoms with E-state index in [2.05, 4.69) is 30.5 Å². The fourth-order valence-electron chi connectivity index (χ4n) is 5.88. The second-order valence-electron chi connectivity index (χ2n) is 10.4. The molecule has 12 heteroatoms. The molecule has 4 aromatic rings. The van der Waals surface area contributed by atoms with Crippen LogP contribution in [-0.4, -0.2) is 67.4 Å². The van der Waals surface area contributed by atoms with Crippen molar-refractivity contribution in [1.82, 2.24) is 29.3 Å². The Balaban J connectivity index is 1.10. The number of fused-ring (bicyclic) bond motifs is 1. The van der Waals surface area contributed by atoms with Crippen molar-refractivity contribution in [3.05, 3.63) is 72.2 Å². The number of benzene rings is 1. The lowest BCUT2D eigenvalue weighted by molar-refractivity contribution is -0.137. The number of carbonyl (C=O) groups excluding carboxylic acids is 1. The van der Waals surface area contributed by atoms with Crippen LogP contribution < -0.4 is 0 Å². The number of nitrogens with zero attached hydrogens (tertiary/aromatic N) is 6. The Morgan fingerprint density at radius 2 is 1.93 bits per heavy atom. The van der Waals surface area contributed by atoms with Crippen LogP contribution in [0.1, 0.15) is 35.2 Å². The van der Waals surface area contributed by atoms with Crippen molar-refractivity contribution in [2.24, 2.45) is 0 Å². The van der Waals surface area contributed by atoms with E-state index in [-0.39, 0.29) is 17.1 Å². The average Bonchev–Trinajstić information content (AvgIpc) is 3.60. The second-order valence-corrected chi connectivity index (χ2v) is 10.4. The Kier molecular flexibility index (Phi) is 6.34. The largest absolute Gasteiger partial charge is 0.416 e. The summed E-state index contributed by atoms with van der Waals surface area (Å²) in [6.07, 6.45) is 4.30. The van der Waals surface area contributed by atoms with Crippen molar-refractivity contribution in [1.29, 1.82) is 5.26 Å². The molecule has 5 heterocycles. The van der Waals surface area contributed by atoms with E-state index in [1.54, 1.807) is 0 Å². The molecule has 2 saturated heterocycles. The van der Waals surface area contributed by atoms with Gasteiger partial charge in [0.1, 0.15) is 17.8 Å². The first-order valence-corrected chi connectivity index (χ1v) is 12.9. The van der Waals surface area contributed by atoms with Gasteiger partial charge < -0.3 is 14.5 Å². The minimum Gasteiger partial charge on any atom is -0.346 e. The molecule has 0 radical (unpaired) electrons. The van der Waals surface area contributed by atoms with Gasteiger partial charge in [0, 0.05) is 61.8 Å². The van der Waals surface area contributed by atoms with Crippen LogP contribution >= 0.6 is 0 Å². The predicted molar refractivity (Wildman–Crippen MR) is 137 cm³/mol. The van der Waals surface area contributed by atoms with Crippen LogP contribution in [0.15, 0.2) is 55.2 Å². The van der Waals surface area contributed by atoms with E-state index in [0.717, 1.165) is 34.4 Å². The summed E-state index contributed by atoms with van der Waals surface area (Å²) in [4.78, 5) is 28.4. The van der Waals surface area contributed by atoms with Gasteiger partial charge in [0.2, 0.25) is 0 Å². The van der Waals surface area contributed by atoms with Crippen LogP contribution in [0.4, 0.5) is 17.6 Å². The first-order chi connectivity index (χ1) is 19.2. The number of hydrogen-bond acceptors (Lipinski definition) is 5. The van der Waals surface area contributed by atoms with Crippen molar-refractivity contribution < 1.29 is 22.4 Å². The lowest BCUT2D eigenvalue weighted by atomic mass is 9.83. The van der Waals surface area contributed by atoms with E-state index in [1.807, 2.05) is 30.7 Å². The number of alkyl halides is 3. The third kappa shape index (κ3) is 4.50. The molecular weight excluding hydrogens is 526 g/mol. The zero-order chi connectivity index (χ0) is 28.1. The lowest BCUT2D eigenvalue weighted by Crippen LogP contribution is -2.66. The molecule has 0 saturated carbocycles. The molecule has 0 bridgehead atoms. The number of nitriles is 1. The number of H-pyrrole nitrogens is 1. The number of piperidine rings is 1. The minimum atomic E-state index is -4.67. The van der Waals surface area contributed by atoms with Crippen molar-refractivity contribution in [3.63, 3.8) is 0 Å². The number of likely N-dealkylation sites (tertiary alicyclic amines) is 2. The highest BCUT2D eigenvalue weighted by Crippen LogP contribution is 2.38. The molecule has 2 aliphatic heterocycles. The fraction of sp³-hybridized carbons (Fsp3) is 0.357. The quantitative estimate of drug-likeness (QED) is 0.359. The Bertz CT molecular complexity index is 1600. The van der Waals surface area contributed by atoms with Crippen molar-refractivity contribution in [3.8, 4) is 17.3 Å². The average molecular weight is 552 g/mol. The highest BCUT2D eigenvalue weighted by molar-refractivity contribution is 5.94. The molecule has 2 aliphatic rings. The molecule has 2 fully saturated rings. The first-order valence-electron chi connectivity index (χ1n) is 12.9. The van der Waals surface area contributed by atoms with Gasteiger partial charge in [-0.3, -0.25) is 9.69 Å². The number of halogens is 4. The molecule has 8 nitrogen and oxygen atoms in total. The van der Waals surface area contributed by atoms with Crippen LogP contribution in [0.5, 0.6) is 0 Å². The maximum absolute atomic E-state index is 14.4. The number of rotatable bonds is 5. The molecule has 0 aliphatic carbocycles. The molecule has 206 valence electrons. The molecular formula is C28H25F4N7O. The van der Waals surface area contributed by atoms with Gasteiger partial charge in [-0.25, -0.2) is 14.4 Å². The summed E-state index contributed by atoms with van der Waals surface area (Å²) < 4.78 is 55.0. The normalized spacial score (nSPS) is 18.0. The van der Waals surface area contributed by atoms with Gasteiger partial charge in [-0.15, -0.1) is 0 Å². The number of amides is 1. The number of aromatic amines is 1. The van der Waals surface area contributed by atoms with E-state index in [4.69, 9.17) is 0 Å². The maximum Gasteiger partial charge on any atom is 0.416 e. The SMILES string of the molecule is N#CCC1(n2ccc(-c3ncnc4[nH]ccc34)c2)CN(C2CCN(C(=O)c3ccc(C(F)(F)F)cc3F)CC2)C1. The number of aromatic nitrogens is 4. The zero-order valence-electron chi connectivity index (χ0n) is 21.3. The minimum absolute atomic E-state index is 0.185. The van der Waals surface area contributed by atoms with Gasteiger partial charge in [0.15, 0.2) is 0 Å². The van der Waals surface area contributed by atoms with Crippen LogP contribution in [-0.2, 0) is 11.7 Å². The van der Waals surface area contributed by atoms with Crippen molar-refractivity contribution in [2.75, 3.05) is 26.2 Å². The van der Waals surface area contributed by atoms with Crippen LogP contribution in [0.25, 0.3) is 22.3 Å². The highest BCUT2D eigenvalue weighted by Gasteiger charge is 2.47. The topological polar surface area (TPSA) is 93.8 Å². The van der Waals surface area contributed by atoms with E-state index < -0.39 is 23.5 Å². The lowest BCUT2D eigenvalue weighted by Gasteiger charge is -2.54. The zero-order valence-corrected chi connectivity index (χ0v) is 21.3. The molecule has 6 rings (SSSR count). The Morgan fingerprint density at radius 3 is 2.62 bits per heavy atom. The van der Waals surface area contributed by atoms with E-state index in [1.165, 1.54) is 11.2 Å². The summed E-state index contributed by atoms with van der Waals surface area (Å²) in [6.45, 7) is 2.09. The standard InChI is InChI=1S/C28H25F4N7O/c29-23-13-19(28(30,31)32)1-2-21(23)26(40)37-10-5-20(6-11-37)38-15-27(16-38,7-8-33)39-12-4-18(14-39)24-22-3-9-34-25(22)36-17-35-24/h1-4,9,12-14,17,20H,5-7,10-11,15-16H2,(H,34,35,36). The number of carbonyl (C=O) groups is 1. The summed E-state index contributed by atoms with van der Waals surface area (Å²) in [5, 5.41) is 10.5. The van der Waals surface area contributed by atoms with Gasteiger partial charge in [0.25, 0.3) is 5.91 Å². The Labute approximate surface area is 226 Å². The number of nitrogens with one attached hydrogen (secondary N) is 1. The van der Waals surface area contributed by atoms with Crippen molar-refractivity contribution in [2.45, 2.75) is 37.0 Å². The van der Waals surface area contributed by atoms with Gasteiger partial charge >= 0.3 is 6.18 Å². The summed E-state index contributed by atoms with van der Waals surface area (Å²) >= 11 is 0. The van der Waals surface area contributed by atoms with Gasteiger partial charge in [-0.1, -0.05) is 0 Å². The maximum atomic E-state index is 14.4. The predicted octanol–water partition coefficient (Wildman–Crippen LogP) is 4.81. The molecule has 0 spiro atoms. The third-order valence-electron chi connectivity index (χ3n) is 8.07. The summed E-state index contributed by atoms with van der Waals surface area (Å²) in [5.41, 5.74) is 0.647. The number of hydrogen-bond donors (Lipinski definition) is 1. The molecule has 0 atom stereocenters. The monoisotopic (exact) mass is 551 g/mol. The Hall–Kier alpha value is -4.24. The van der Waals surface area contributed by atoms with Crippen molar-refractivity contribution >= 4 is 16.9 Å². The molecule has 1 amide bonds. The third-order valence-corrected chi connectivity index (χ3v) is 8.07. The van der Waals surface area contributed by atoms with Crippen LogP contribution in [0, 0.1) is 17.1 Å². The summed E-state index contributed by atoms with van der Waals surface area (Å²) in [6, 6.07) is 8.44. The van der Waals surface area contributed by atoms with Gasteiger partial charge in [0.05, 0.1) is 34.8 Å². The van der Waals surface area contributed by atoms with Crippen LogP contribution in [0.2, 0.25) is 0 Å². The van der Waals surface area contributed by atoms with E-state index >= 15 is 0 Å². The van der Waals surface area contributed by atoms with Crippen LogP contribution in [0.3, 0.4) is 0 Å². The molecule has 40 heavy (non-hydrogen) atoms. The molecule has 1 aromatic carbocycles. The fourth-order valence-corrected chi connectivity index (χ4v) is 5.88. The van der Waals surface area contributed by atoms with Gasteiger partial charge in [-0.05, 0) is 43.2 Å². The second kappa shape index (κ2) is 9.75.